The molecular formula is C13H18F3NO2. The zero-order valence-corrected chi connectivity index (χ0v) is 10.6. The molecule has 1 atom stereocenters. The molecule has 1 heterocycles. The van der Waals surface area contributed by atoms with Crippen LogP contribution in [0.4, 0.5) is 13.2 Å². The third-order valence-electron chi connectivity index (χ3n) is 4.05. The first-order chi connectivity index (χ1) is 8.83. The summed E-state index contributed by atoms with van der Waals surface area (Å²) in [5, 5.41) is 9.54. The summed E-state index contributed by atoms with van der Waals surface area (Å²) in [6, 6.07) is 0. The van der Waals surface area contributed by atoms with Crippen LogP contribution in [0.15, 0.2) is 12.2 Å². The topological polar surface area (TPSA) is 40.5 Å². The van der Waals surface area contributed by atoms with E-state index in [9.17, 15) is 23.1 Å². The highest BCUT2D eigenvalue weighted by Crippen LogP contribution is 2.38. The number of amides is 1. The lowest BCUT2D eigenvalue weighted by molar-refractivity contribution is -0.272. The molecule has 1 N–H and O–H groups in total. The standard InChI is InChI=1S/C13H18F3NO2/c14-13(15,16)12(19)6-8-17(9-7-12)11(18)10-4-2-1-3-5-10/h1-2,10,19H,3-9H2. The monoisotopic (exact) mass is 277 g/mol. The molecule has 1 amide bonds. The molecule has 1 unspecified atom stereocenters. The van der Waals surface area contributed by atoms with Crippen LogP contribution < -0.4 is 0 Å². The molecule has 0 spiro atoms. The molecule has 1 aliphatic heterocycles. The second-order valence-corrected chi connectivity index (χ2v) is 5.34. The quantitative estimate of drug-likeness (QED) is 0.747. The highest BCUT2D eigenvalue weighted by Gasteiger charge is 2.55. The summed E-state index contributed by atoms with van der Waals surface area (Å²) in [5.74, 6) is -0.185. The SMILES string of the molecule is O=C(C1CC=CCC1)N1CCC(O)(C(F)(F)F)CC1. The van der Waals surface area contributed by atoms with E-state index >= 15 is 0 Å². The van der Waals surface area contributed by atoms with Crippen LogP contribution in [0.3, 0.4) is 0 Å². The minimum absolute atomic E-state index is 0.0188. The Bertz CT molecular complexity index is 371. The molecule has 6 heteroatoms. The number of carbonyl (C=O) groups is 1. The van der Waals surface area contributed by atoms with E-state index in [0.717, 1.165) is 12.8 Å². The maximum absolute atomic E-state index is 12.6. The molecule has 108 valence electrons. The summed E-state index contributed by atoms with van der Waals surface area (Å²) in [5.41, 5.74) is -2.63. The molecule has 2 aliphatic rings. The highest BCUT2D eigenvalue weighted by atomic mass is 19.4. The molecule has 0 aromatic rings. The average molecular weight is 277 g/mol. The van der Waals surface area contributed by atoms with Gasteiger partial charge in [0.05, 0.1) is 0 Å². The van der Waals surface area contributed by atoms with Gasteiger partial charge < -0.3 is 10.0 Å². The smallest absolute Gasteiger partial charge is 0.380 e. The van der Waals surface area contributed by atoms with Crippen molar-refractivity contribution in [1.82, 2.24) is 4.90 Å². The number of aliphatic hydroxyl groups is 1. The molecule has 3 nitrogen and oxygen atoms in total. The Morgan fingerprint density at radius 2 is 1.89 bits per heavy atom. The number of nitrogens with zero attached hydrogens (tertiary/aromatic N) is 1. The van der Waals surface area contributed by atoms with Gasteiger partial charge in [-0.3, -0.25) is 4.79 Å². The van der Waals surface area contributed by atoms with E-state index in [1.54, 1.807) is 0 Å². The zero-order chi connectivity index (χ0) is 14.1. The first kappa shape index (κ1) is 14.4. The minimum atomic E-state index is -4.62. The van der Waals surface area contributed by atoms with E-state index in [2.05, 4.69) is 0 Å². The molecule has 19 heavy (non-hydrogen) atoms. The molecule has 2 rings (SSSR count). The van der Waals surface area contributed by atoms with Crippen molar-refractivity contribution in [1.29, 1.82) is 0 Å². The number of hydrogen-bond acceptors (Lipinski definition) is 2. The number of rotatable bonds is 1. The first-order valence-electron chi connectivity index (χ1n) is 6.56. The van der Waals surface area contributed by atoms with Crippen LogP contribution >= 0.6 is 0 Å². The number of halogens is 3. The fourth-order valence-electron chi connectivity index (χ4n) is 2.66. The summed E-state index contributed by atoms with van der Waals surface area (Å²) in [4.78, 5) is 13.6. The average Bonchev–Trinajstić information content (AvgIpc) is 2.39. The van der Waals surface area contributed by atoms with Gasteiger partial charge in [-0.25, -0.2) is 0 Å². The van der Waals surface area contributed by atoms with Crippen LogP contribution in [-0.4, -0.2) is 40.8 Å². The lowest BCUT2D eigenvalue weighted by Crippen LogP contribution is -2.55. The Kier molecular flexibility index (Phi) is 3.90. The predicted molar refractivity (Wildman–Crippen MR) is 63.3 cm³/mol. The minimum Gasteiger partial charge on any atom is -0.380 e. The molecule has 0 saturated carbocycles. The van der Waals surface area contributed by atoms with Gasteiger partial charge in [0.15, 0.2) is 5.60 Å². The lowest BCUT2D eigenvalue weighted by Gasteiger charge is -2.40. The van der Waals surface area contributed by atoms with Crippen LogP contribution in [0.1, 0.15) is 32.1 Å². The third-order valence-corrected chi connectivity index (χ3v) is 4.05. The van der Waals surface area contributed by atoms with Crippen molar-refractivity contribution in [3.63, 3.8) is 0 Å². The van der Waals surface area contributed by atoms with Crippen molar-refractivity contribution in [3.8, 4) is 0 Å². The van der Waals surface area contributed by atoms with E-state index in [1.807, 2.05) is 12.2 Å². The Morgan fingerprint density at radius 3 is 2.37 bits per heavy atom. The second kappa shape index (κ2) is 5.15. The van der Waals surface area contributed by atoms with Crippen LogP contribution in [0.2, 0.25) is 0 Å². The molecule has 0 aromatic carbocycles. The summed E-state index contributed by atoms with van der Waals surface area (Å²) in [6.45, 7) is -0.0376. The molecule has 1 saturated heterocycles. The van der Waals surface area contributed by atoms with Crippen molar-refractivity contribution in [2.75, 3.05) is 13.1 Å². The zero-order valence-electron chi connectivity index (χ0n) is 10.6. The fourth-order valence-corrected chi connectivity index (χ4v) is 2.66. The lowest BCUT2D eigenvalue weighted by atomic mass is 9.88. The molecule has 0 aromatic heterocycles. The van der Waals surface area contributed by atoms with E-state index in [1.165, 1.54) is 4.90 Å². The summed E-state index contributed by atoms with van der Waals surface area (Å²) < 4.78 is 37.9. The fraction of sp³-hybridized carbons (Fsp3) is 0.769. The second-order valence-electron chi connectivity index (χ2n) is 5.34. The number of allylic oxidation sites excluding steroid dienone is 2. The number of carbonyl (C=O) groups excluding carboxylic acids is 1. The van der Waals surface area contributed by atoms with E-state index in [4.69, 9.17) is 0 Å². The molecule has 0 bridgehead atoms. The maximum Gasteiger partial charge on any atom is 0.417 e. The number of likely N-dealkylation sites (tertiary alicyclic amines) is 1. The summed E-state index contributed by atoms with van der Waals surface area (Å²) >= 11 is 0. The van der Waals surface area contributed by atoms with Gasteiger partial charge in [-0.2, -0.15) is 13.2 Å². The Hall–Kier alpha value is -1.04. The van der Waals surface area contributed by atoms with Gasteiger partial charge in [0.25, 0.3) is 0 Å². The Labute approximate surface area is 110 Å². The molecular weight excluding hydrogens is 259 g/mol. The summed E-state index contributed by atoms with van der Waals surface area (Å²) in [7, 11) is 0. The summed E-state index contributed by atoms with van der Waals surface area (Å²) in [6.07, 6.45) is 0.765. The van der Waals surface area contributed by atoms with E-state index < -0.39 is 24.6 Å². The van der Waals surface area contributed by atoms with Gasteiger partial charge in [0.1, 0.15) is 0 Å². The third kappa shape index (κ3) is 2.94. The van der Waals surface area contributed by atoms with Crippen LogP contribution in [0.5, 0.6) is 0 Å². The van der Waals surface area contributed by atoms with E-state index in [0.29, 0.717) is 6.42 Å². The number of alkyl halides is 3. The van der Waals surface area contributed by atoms with Gasteiger partial charge in [0.2, 0.25) is 5.91 Å². The van der Waals surface area contributed by atoms with Gasteiger partial charge in [0, 0.05) is 31.8 Å². The number of hydrogen-bond donors (Lipinski definition) is 1. The van der Waals surface area contributed by atoms with Crippen molar-refractivity contribution >= 4 is 5.91 Å². The molecule has 1 fully saturated rings. The van der Waals surface area contributed by atoms with Gasteiger partial charge in [-0.05, 0) is 19.3 Å². The van der Waals surface area contributed by atoms with E-state index in [-0.39, 0.29) is 24.9 Å². The van der Waals surface area contributed by atoms with Crippen LogP contribution in [0.25, 0.3) is 0 Å². The maximum atomic E-state index is 12.6. The van der Waals surface area contributed by atoms with Gasteiger partial charge in [-0.15, -0.1) is 0 Å². The van der Waals surface area contributed by atoms with Crippen molar-refractivity contribution in [2.24, 2.45) is 5.92 Å². The highest BCUT2D eigenvalue weighted by molar-refractivity contribution is 5.79. The molecule has 0 radical (unpaired) electrons. The normalized spacial score (nSPS) is 27.4. The number of piperidine rings is 1. The molecule has 1 aliphatic carbocycles. The van der Waals surface area contributed by atoms with Crippen LogP contribution in [0, 0.1) is 5.92 Å². The van der Waals surface area contributed by atoms with Crippen LogP contribution in [-0.2, 0) is 4.79 Å². The Morgan fingerprint density at radius 1 is 1.26 bits per heavy atom. The predicted octanol–water partition coefficient (Wildman–Crippen LogP) is 2.26. The largest absolute Gasteiger partial charge is 0.417 e. The first-order valence-corrected chi connectivity index (χ1v) is 6.56. The Balaban J connectivity index is 1.93. The van der Waals surface area contributed by atoms with Gasteiger partial charge >= 0.3 is 6.18 Å². The van der Waals surface area contributed by atoms with Crippen molar-refractivity contribution in [2.45, 2.75) is 43.9 Å². The van der Waals surface area contributed by atoms with Crippen molar-refractivity contribution < 1.29 is 23.1 Å². The van der Waals surface area contributed by atoms with Gasteiger partial charge in [-0.1, -0.05) is 12.2 Å². The van der Waals surface area contributed by atoms with Crippen molar-refractivity contribution in [3.05, 3.63) is 12.2 Å².